The Morgan fingerprint density at radius 2 is 2.09 bits per heavy atom. The monoisotopic (exact) mass is 457 g/mol. The zero-order valence-electron chi connectivity index (χ0n) is 19.4. The predicted molar refractivity (Wildman–Crippen MR) is 132 cm³/mol. The third kappa shape index (κ3) is 2.09. The van der Waals surface area contributed by atoms with Crippen LogP contribution in [0.3, 0.4) is 0 Å². The van der Waals surface area contributed by atoms with Gasteiger partial charge in [-0.15, -0.1) is 0 Å². The van der Waals surface area contributed by atoms with Gasteiger partial charge in [-0.1, -0.05) is 13.0 Å². The van der Waals surface area contributed by atoms with Crippen LogP contribution in [0.4, 0.5) is 5.69 Å². The van der Waals surface area contributed by atoms with Crippen molar-refractivity contribution in [3.05, 3.63) is 52.7 Å². The van der Waals surface area contributed by atoms with Crippen molar-refractivity contribution in [1.29, 1.82) is 0 Å². The van der Waals surface area contributed by atoms with Crippen LogP contribution in [-0.4, -0.2) is 41.4 Å². The largest absolute Gasteiger partial charge is 0.493 e. The Hall–Kier alpha value is -2.66. The number of ether oxygens (including phenoxy) is 2. The van der Waals surface area contributed by atoms with E-state index in [1.807, 2.05) is 6.07 Å². The second-order valence-electron chi connectivity index (χ2n) is 10.5. The number of likely N-dealkylation sites (tertiary alicyclic amines) is 1. The molecular formula is C27H27N3O2S. The summed E-state index contributed by atoms with van der Waals surface area (Å²) in [6, 6.07) is 11.2. The van der Waals surface area contributed by atoms with E-state index in [9.17, 15) is 0 Å². The van der Waals surface area contributed by atoms with Gasteiger partial charge in [-0.2, -0.15) is 4.99 Å². The highest BCUT2D eigenvalue weighted by atomic mass is 32.1. The van der Waals surface area contributed by atoms with Crippen LogP contribution in [0, 0.1) is 5.41 Å². The molecule has 2 bridgehead atoms. The normalized spacial score (nSPS) is 30.9. The van der Waals surface area contributed by atoms with E-state index in [4.69, 9.17) is 21.7 Å². The first-order valence-electron chi connectivity index (χ1n) is 11.7. The van der Waals surface area contributed by atoms with Crippen molar-refractivity contribution in [2.75, 3.05) is 20.7 Å². The third-order valence-electron chi connectivity index (χ3n) is 9.42. The molecule has 4 unspecified atom stereocenters. The van der Waals surface area contributed by atoms with Crippen LogP contribution < -0.4 is 9.47 Å². The van der Waals surface area contributed by atoms with Crippen molar-refractivity contribution in [3.63, 3.8) is 0 Å². The van der Waals surface area contributed by atoms with Gasteiger partial charge >= 0.3 is 0 Å². The van der Waals surface area contributed by atoms with Crippen molar-refractivity contribution < 1.29 is 9.47 Å². The predicted octanol–water partition coefficient (Wildman–Crippen LogP) is 5.12. The Balaban J connectivity index is 1.59. The average molecular weight is 458 g/mol. The van der Waals surface area contributed by atoms with Crippen molar-refractivity contribution in [2.24, 2.45) is 17.5 Å². The van der Waals surface area contributed by atoms with Gasteiger partial charge in [0.05, 0.1) is 29.1 Å². The molecule has 2 aliphatic carbocycles. The van der Waals surface area contributed by atoms with E-state index < -0.39 is 0 Å². The number of aryl methyl sites for hydroxylation is 1. The van der Waals surface area contributed by atoms with Crippen LogP contribution in [0.2, 0.25) is 0 Å². The van der Waals surface area contributed by atoms with Crippen molar-refractivity contribution >= 4 is 34.0 Å². The van der Waals surface area contributed by atoms with E-state index in [2.05, 4.69) is 64.9 Å². The molecule has 3 aromatic rings. The molecule has 5 nitrogen and oxygen atoms in total. The molecule has 4 aliphatic rings. The van der Waals surface area contributed by atoms with Gasteiger partial charge < -0.3 is 18.9 Å². The number of methoxy groups -OCH3 is 1. The molecule has 0 N–H and O–H groups in total. The maximum absolute atomic E-state index is 7.00. The Labute approximate surface area is 199 Å². The minimum atomic E-state index is -0.0495. The van der Waals surface area contributed by atoms with Gasteiger partial charge in [-0.25, -0.2) is 0 Å². The molecule has 0 radical (unpaired) electrons. The minimum Gasteiger partial charge on any atom is -0.493 e. The van der Waals surface area contributed by atoms with E-state index >= 15 is 0 Å². The first kappa shape index (κ1) is 19.8. The number of nitrogens with zero attached hydrogens (tertiary/aromatic N) is 3. The number of benzene rings is 2. The van der Waals surface area contributed by atoms with E-state index in [-0.39, 0.29) is 16.9 Å². The number of thiocarbonyl (C=S) groups is 1. The average Bonchev–Trinajstić information content (AvgIpc) is 3.28. The zero-order chi connectivity index (χ0) is 22.7. The maximum atomic E-state index is 7.00. The lowest BCUT2D eigenvalue weighted by molar-refractivity contribution is -0.0912. The number of fused-ring (bicyclic) bond motifs is 4. The first-order valence-corrected chi connectivity index (χ1v) is 12.1. The van der Waals surface area contributed by atoms with Gasteiger partial charge in [0.1, 0.15) is 6.10 Å². The van der Waals surface area contributed by atoms with E-state index in [1.54, 1.807) is 7.11 Å². The third-order valence-corrected chi connectivity index (χ3v) is 9.51. The summed E-state index contributed by atoms with van der Waals surface area (Å²) in [6.45, 7) is 3.60. The van der Waals surface area contributed by atoms with Crippen LogP contribution in [0.5, 0.6) is 11.5 Å². The van der Waals surface area contributed by atoms with Gasteiger partial charge in [0.2, 0.25) is 0 Å². The molecular weight excluding hydrogens is 430 g/mol. The van der Waals surface area contributed by atoms with Gasteiger partial charge in [0.25, 0.3) is 0 Å². The molecule has 2 aliphatic heterocycles. The van der Waals surface area contributed by atoms with Crippen molar-refractivity contribution in [1.82, 2.24) is 9.47 Å². The maximum Gasteiger partial charge on any atom is 0.166 e. The summed E-state index contributed by atoms with van der Waals surface area (Å²) in [7, 11) is 6.23. The Morgan fingerprint density at radius 1 is 1.24 bits per heavy atom. The van der Waals surface area contributed by atoms with Crippen molar-refractivity contribution in [3.8, 4) is 11.5 Å². The fraction of sp³-hybridized carbons (Fsp3) is 0.444. The fourth-order valence-electron chi connectivity index (χ4n) is 8.00. The van der Waals surface area contributed by atoms with Crippen LogP contribution in [0.1, 0.15) is 41.8 Å². The first-order chi connectivity index (χ1) is 15.9. The lowest BCUT2D eigenvalue weighted by atomic mass is 9.44. The number of isothiocyanates is 1. The molecule has 0 saturated carbocycles. The molecule has 7 rings (SSSR count). The lowest BCUT2D eigenvalue weighted by Crippen LogP contribution is -2.68. The molecule has 3 heterocycles. The van der Waals surface area contributed by atoms with Gasteiger partial charge in [-0.3, -0.25) is 0 Å². The number of hydrogen-bond acceptors (Lipinski definition) is 5. The van der Waals surface area contributed by atoms with Crippen LogP contribution >= 0.6 is 12.2 Å². The number of likely N-dealkylation sites (N-methyl/N-ethyl adjacent to an activating group) is 1. The molecule has 168 valence electrons. The molecule has 1 fully saturated rings. The fourth-order valence-corrected chi connectivity index (χ4v) is 8.11. The number of piperidine rings is 1. The van der Waals surface area contributed by atoms with Crippen LogP contribution in [0.25, 0.3) is 10.9 Å². The summed E-state index contributed by atoms with van der Waals surface area (Å²) < 4.78 is 15.2. The van der Waals surface area contributed by atoms with Gasteiger partial charge in [-0.05, 0) is 80.5 Å². The quantitative estimate of drug-likeness (QED) is 0.396. The number of rotatable bonds is 2. The second-order valence-corrected chi connectivity index (χ2v) is 10.7. The smallest absolute Gasteiger partial charge is 0.166 e. The van der Waals surface area contributed by atoms with Gasteiger partial charge in [0.15, 0.2) is 11.5 Å². The summed E-state index contributed by atoms with van der Waals surface area (Å²) >= 11 is 4.88. The lowest BCUT2D eigenvalue weighted by Gasteiger charge is -2.64. The summed E-state index contributed by atoms with van der Waals surface area (Å²) in [4.78, 5) is 6.86. The van der Waals surface area contributed by atoms with E-state index in [0.717, 1.165) is 43.0 Å². The standard InChI is InChI=1S/C27H27N3O2S/c1-26-13-18-17-12-16(28-14-33)6-7-19(17)30(3)23(18)25-27(26)9-10-29(2)21(26)11-15-5-8-20(31-4)24(32-25)22(15)27/h5-8,12,21,25H,9-11,13H2,1-4H3. The molecule has 2 aromatic carbocycles. The molecule has 6 heteroatoms. The van der Waals surface area contributed by atoms with Crippen LogP contribution in [-0.2, 0) is 25.3 Å². The number of hydrogen-bond donors (Lipinski definition) is 0. The molecule has 4 atom stereocenters. The summed E-state index contributed by atoms with van der Waals surface area (Å²) in [5.41, 5.74) is 7.63. The Bertz CT molecular complexity index is 1420. The molecule has 0 amide bonds. The summed E-state index contributed by atoms with van der Waals surface area (Å²) in [5.74, 6) is 1.83. The van der Waals surface area contributed by atoms with E-state index in [1.165, 1.54) is 33.3 Å². The molecule has 33 heavy (non-hydrogen) atoms. The zero-order valence-corrected chi connectivity index (χ0v) is 20.3. The molecule has 1 aromatic heterocycles. The van der Waals surface area contributed by atoms with E-state index in [0.29, 0.717) is 6.04 Å². The Morgan fingerprint density at radius 3 is 2.88 bits per heavy atom. The highest BCUT2D eigenvalue weighted by molar-refractivity contribution is 7.78. The highest BCUT2D eigenvalue weighted by Crippen LogP contribution is 2.72. The number of aliphatic imine (C=N–C) groups is 1. The Kier molecular flexibility index (Phi) is 3.75. The molecule has 1 saturated heterocycles. The SMILES string of the molecule is COc1ccc2c3c1OC1c4c(c5cc(N=C=S)ccc5n4C)CC4(C)C(C2)N(C)CCC314. The van der Waals surface area contributed by atoms with Crippen molar-refractivity contribution in [2.45, 2.75) is 43.7 Å². The molecule has 1 spiro atoms. The minimum absolute atomic E-state index is 0.0253. The topological polar surface area (TPSA) is 39.0 Å². The summed E-state index contributed by atoms with van der Waals surface area (Å²) in [5, 5.41) is 3.78. The van der Waals surface area contributed by atoms with Crippen LogP contribution in [0.15, 0.2) is 35.3 Å². The number of aromatic nitrogens is 1. The second kappa shape index (κ2) is 6.26. The summed E-state index contributed by atoms with van der Waals surface area (Å²) in [6.07, 6.45) is 3.14. The van der Waals surface area contributed by atoms with Gasteiger partial charge in [0, 0.05) is 35.0 Å². The highest BCUT2D eigenvalue weighted by Gasteiger charge is 2.70.